The van der Waals surface area contributed by atoms with Crippen LogP contribution in [0.25, 0.3) is 10.9 Å². The van der Waals surface area contributed by atoms with Gasteiger partial charge in [0, 0.05) is 29.7 Å². The van der Waals surface area contributed by atoms with Crippen molar-refractivity contribution in [2.75, 3.05) is 13.7 Å². The van der Waals surface area contributed by atoms with Gasteiger partial charge in [-0.15, -0.1) is 0 Å². The van der Waals surface area contributed by atoms with Gasteiger partial charge in [-0.1, -0.05) is 25.0 Å². The number of carbonyl (C=O) groups is 4. The number of hydrogen-bond donors (Lipinski definition) is 3. The number of alkyl carbamates (subject to hydrolysis) is 1. The third-order valence-corrected chi connectivity index (χ3v) is 14.7. The molecule has 0 bridgehead atoms. The second-order valence-electron chi connectivity index (χ2n) is 18.0. The highest BCUT2D eigenvalue weighted by atomic mass is 32.2. The number of aliphatic hydroxyl groups is 1. The maximum atomic E-state index is 14.9. The van der Waals surface area contributed by atoms with Gasteiger partial charge in [0.25, 0.3) is 15.9 Å². The fourth-order valence-electron chi connectivity index (χ4n) is 9.35. The van der Waals surface area contributed by atoms with Crippen LogP contribution in [0.1, 0.15) is 103 Å². The van der Waals surface area contributed by atoms with E-state index in [4.69, 9.17) is 14.2 Å². The molecule has 2 saturated carbocycles. The molecule has 0 radical (unpaired) electrons. The van der Waals surface area contributed by atoms with Crippen LogP contribution in [0.3, 0.4) is 0 Å². The number of hydrogen-bond acceptors (Lipinski definition) is 11. The summed E-state index contributed by atoms with van der Waals surface area (Å²) in [7, 11) is -2.51. The van der Waals surface area contributed by atoms with Crippen LogP contribution in [0.15, 0.2) is 30.4 Å². The van der Waals surface area contributed by atoms with Gasteiger partial charge in [-0.25, -0.2) is 22.5 Å². The van der Waals surface area contributed by atoms with Gasteiger partial charge < -0.3 is 34.9 Å². The molecule has 4 aliphatic heterocycles. The van der Waals surface area contributed by atoms with Crippen molar-refractivity contribution in [3.05, 3.63) is 41.6 Å². The molecule has 4 amide bonds. The highest BCUT2D eigenvalue weighted by Gasteiger charge is 2.83. The first kappa shape index (κ1) is 41.1. The van der Waals surface area contributed by atoms with E-state index in [1.54, 1.807) is 26.8 Å². The number of ether oxygens (including phenoxy) is 3. The zero-order chi connectivity index (χ0) is 42.7. The van der Waals surface area contributed by atoms with Crippen LogP contribution < -0.4 is 20.1 Å². The molecule has 5 heterocycles. The molecule has 6 aliphatic rings. The molecule has 320 valence electrons. The number of methoxy groups -OCH3 is 1. The highest BCUT2D eigenvalue weighted by Crippen LogP contribution is 2.65. The third kappa shape index (κ3) is 6.94. The van der Waals surface area contributed by atoms with Gasteiger partial charge in [0.1, 0.15) is 34.6 Å². The number of benzene rings is 1. The molecule has 2 aliphatic carbocycles. The van der Waals surface area contributed by atoms with Gasteiger partial charge in [-0.2, -0.15) is 13.2 Å². The first-order chi connectivity index (χ1) is 27.5. The topological polar surface area (TPSA) is 194 Å². The lowest BCUT2D eigenvalue weighted by Crippen LogP contribution is -2.57. The van der Waals surface area contributed by atoms with Crippen LogP contribution in [0.2, 0.25) is 0 Å². The van der Waals surface area contributed by atoms with Gasteiger partial charge in [-0.05, 0) is 84.4 Å². The van der Waals surface area contributed by atoms with Crippen molar-refractivity contribution >= 4 is 44.7 Å². The third-order valence-electron chi connectivity index (χ3n) is 12.3. The molecule has 8 rings (SSSR count). The molecular weight excluding hydrogens is 800 g/mol. The van der Waals surface area contributed by atoms with Crippen molar-refractivity contribution in [3.8, 4) is 11.5 Å². The maximum absolute atomic E-state index is 14.9. The number of nitrogens with one attached hydrogen (secondary N) is 2. The minimum Gasteiger partial charge on any atom is -0.497 e. The zero-order valence-electron chi connectivity index (χ0n) is 33.4. The van der Waals surface area contributed by atoms with Crippen molar-refractivity contribution in [1.82, 2.24) is 24.8 Å². The van der Waals surface area contributed by atoms with E-state index in [9.17, 15) is 45.9 Å². The first-order valence-corrected chi connectivity index (χ1v) is 21.3. The molecule has 3 N–H and O–H groups in total. The summed E-state index contributed by atoms with van der Waals surface area (Å²) in [6.45, 7) is 5.76. The van der Waals surface area contributed by atoms with Gasteiger partial charge >= 0.3 is 12.3 Å². The average molecular weight is 848 g/mol. The minimum atomic E-state index is -5.07. The van der Waals surface area contributed by atoms with Gasteiger partial charge in [0.15, 0.2) is 16.3 Å². The Morgan fingerprint density at radius 3 is 2.47 bits per heavy atom. The molecule has 2 spiro atoms. The van der Waals surface area contributed by atoms with E-state index in [1.807, 2.05) is 6.08 Å². The summed E-state index contributed by atoms with van der Waals surface area (Å²) in [6.07, 6.45) is -0.00255. The predicted molar refractivity (Wildman–Crippen MR) is 203 cm³/mol. The van der Waals surface area contributed by atoms with Crippen LogP contribution in [0.5, 0.6) is 11.5 Å². The number of pyridine rings is 1. The number of fused-ring (bicyclic) bond motifs is 5. The van der Waals surface area contributed by atoms with Crippen LogP contribution in [-0.2, 0) is 40.9 Å². The quantitative estimate of drug-likeness (QED) is 0.290. The second kappa shape index (κ2) is 13.4. The van der Waals surface area contributed by atoms with Crippen LogP contribution in [0, 0.1) is 5.92 Å². The molecule has 15 nitrogen and oxygen atoms in total. The Bertz CT molecular complexity index is 2290. The lowest BCUT2D eigenvalue weighted by Gasteiger charge is -2.44. The smallest absolute Gasteiger partial charge is 0.437 e. The van der Waals surface area contributed by atoms with E-state index in [2.05, 4.69) is 15.6 Å². The van der Waals surface area contributed by atoms with Crippen molar-refractivity contribution in [3.63, 3.8) is 0 Å². The van der Waals surface area contributed by atoms with E-state index >= 15 is 0 Å². The Morgan fingerprint density at radius 1 is 1.10 bits per heavy atom. The predicted octanol–water partition coefficient (Wildman–Crippen LogP) is 4.54. The summed E-state index contributed by atoms with van der Waals surface area (Å²) in [5.74, 6) is -3.47. The van der Waals surface area contributed by atoms with Gasteiger partial charge in [0.05, 0.1) is 24.8 Å². The normalized spacial score (nSPS) is 32.2. The zero-order valence-corrected chi connectivity index (χ0v) is 34.2. The summed E-state index contributed by atoms with van der Waals surface area (Å²) < 4.78 is 88.6. The highest BCUT2D eigenvalue weighted by molar-refractivity contribution is 7.98. The Kier molecular flexibility index (Phi) is 9.35. The Labute approximate surface area is 339 Å². The van der Waals surface area contributed by atoms with Gasteiger partial charge in [-0.3, -0.25) is 14.4 Å². The molecule has 2 aromatic rings. The van der Waals surface area contributed by atoms with Crippen LogP contribution in [0.4, 0.5) is 18.0 Å². The largest absolute Gasteiger partial charge is 0.497 e. The van der Waals surface area contributed by atoms with E-state index in [0.717, 1.165) is 9.21 Å². The maximum Gasteiger partial charge on any atom is 0.437 e. The summed E-state index contributed by atoms with van der Waals surface area (Å²) in [4.78, 5) is 60.6. The Balaban J connectivity index is 1.21. The summed E-state index contributed by atoms with van der Waals surface area (Å²) in [5.41, 5.74) is -8.17. The fourth-order valence-corrected chi connectivity index (χ4v) is 11.4. The molecular formula is C40H48F3N5O10S. The molecule has 6 unspecified atom stereocenters. The number of amides is 4. The Hall–Kier alpha value is -4.65. The van der Waals surface area contributed by atoms with Crippen LogP contribution >= 0.6 is 0 Å². The number of rotatable bonds is 3. The lowest BCUT2D eigenvalue weighted by molar-refractivity contribution is -0.147. The number of aromatic nitrogens is 1. The number of sulfonamides is 1. The van der Waals surface area contributed by atoms with Crippen LogP contribution in [-0.4, -0.2) is 98.9 Å². The lowest BCUT2D eigenvalue weighted by atomic mass is 9.77. The van der Waals surface area contributed by atoms with E-state index in [1.165, 1.54) is 32.2 Å². The van der Waals surface area contributed by atoms with E-state index < -0.39 is 110 Å². The van der Waals surface area contributed by atoms with Crippen molar-refractivity contribution < 1.29 is 60.1 Å². The average Bonchev–Trinajstić information content (AvgIpc) is 4.07. The minimum absolute atomic E-state index is 0.0780. The van der Waals surface area contributed by atoms with E-state index in [0.29, 0.717) is 25.7 Å². The molecule has 6 atom stereocenters. The fraction of sp³-hybridized carbons (Fsp3) is 0.625. The molecule has 4 fully saturated rings. The first-order valence-electron chi connectivity index (χ1n) is 19.9. The van der Waals surface area contributed by atoms with Crippen molar-refractivity contribution in [2.45, 2.75) is 137 Å². The number of allylic oxidation sites excluding steroid dienone is 1. The van der Waals surface area contributed by atoms with Crippen molar-refractivity contribution in [2.24, 2.45) is 5.92 Å². The molecule has 1 aromatic carbocycles. The standard InChI is InChI=1S/C40H48F3N5O10S/c1-35(2,3)58-34(52)45-26-12-10-8-6-7-9-11-22-18-39(22,33(51)48-38(15-16-38)59(48,54)55)46-31(49)27-19-37(21-47(27)32(26)50)20-36(4,53)28-24-17-23(56-5)13-14-25(24)44-30(29(28)57-37)40(41,42)43/h9,11,13-14,17,22,26-27,53H,6-8,10,12,15-16,18-21H2,1-5H3,(H,45,52)(H,46,49). The monoisotopic (exact) mass is 847 g/mol. The van der Waals surface area contributed by atoms with Gasteiger partial charge in [0.2, 0.25) is 11.8 Å². The number of halogens is 3. The second-order valence-corrected chi connectivity index (χ2v) is 20.1. The SMILES string of the molecule is COc1ccc2nc(C(F)(F)F)c3c(c2c1)C(C)(O)CC1(CC2C(=O)NC4(C(=O)N5C6(CC6)S5(=O)=O)CC4C=CCCCCCC(NC(=O)OC(C)(C)C)C(=O)N2C1)O3. The molecule has 2 saturated heterocycles. The summed E-state index contributed by atoms with van der Waals surface area (Å²) in [5, 5.41) is 17.8. The number of nitrogens with zero attached hydrogens (tertiary/aromatic N) is 3. The van der Waals surface area contributed by atoms with Crippen molar-refractivity contribution in [1.29, 1.82) is 0 Å². The number of carbonyl (C=O) groups excluding carboxylic acids is 4. The number of alkyl halides is 3. The molecule has 59 heavy (non-hydrogen) atoms. The molecule has 19 heteroatoms. The summed E-state index contributed by atoms with van der Waals surface area (Å²) in [6, 6.07) is 1.46. The molecule has 1 aromatic heterocycles. The Morgan fingerprint density at radius 2 is 1.83 bits per heavy atom. The van der Waals surface area contributed by atoms with E-state index in [-0.39, 0.29) is 54.3 Å². The summed E-state index contributed by atoms with van der Waals surface area (Å²) >= 11 is 0.